The Morgan fingerprint density at radius 1 is 0.562 bits per heavy atom. The van der Waals surface area contributed by atoms with Crippen LogP contribution >= 0.6 is 0 Å². The van der Waals surface area contributed by atoms with Gasteiger partial charge in [0.15, 0.2) is 0 Å². The van der Waals surface area contributed by atoms with Crippen LogP contribution in [0.15, 0.2) is 0 Å². The molecule has 2 N–H and O–H groups in total. The van der Waals surface area contributed by atoms with Crippen molar-refractivity contribution in [3.63, 3.8) is 0 Å². The first kappa shape index (κ1) is 14.4. The van der Waals surface area contributed by atoms with Crippen molar-refractivity contribution in [1.29, 1.82) is 0 Å². The first-order chi connectivity index (χ1) is 6.91. The molecule has 16 heavy (non-hydrogen) atoms. The van der Waals surface area contributed by atoms with Gasteiger partial charge in [-0.05, 0) is 0 Å². The van der Waals surface area contributed by atoms with Crippen molar-refractivity contribution < 1.29 is 5.48 Å². The molecule has 0 atom stereocenters. The second kappa shape index (κ2) is 5.45. The predicted molar refractivity (Wildman–Crippen MR) is 66.4 cm³/mol. The lowest BCUT2D eigenvalue weighted by Gasteiger charge is -2.18. The van der Waals surface area contributed by atoms with Crippen LogP contribution in [0, 0.1) is 0 Å². The highest BCUT2D eigenvalue weighted by atomic mass is 16.0. The van der Waals surface area contributed by atoms with Crippen LogP contribution in [0.4, 0.5) is 17.8 Å². The lowest BCUT2D eigenvalue weighted by atomic mass is 10.7. The highest BCUT2D eigenvalue weighted by molar-refractivity contribution is 5.44. The highest BCUT2D eigenvalue weighted by Crippen LogP contribution is 2.14. The lowest BCUT2D eigenvalue weighted by molar-refractivity contribution is 0.824. The van der Waals surface area contributed by atoms with Crippen LogP contribution < -0.4 is 14.7 Å². The second-order valence-electron chi connectivity index (χ2n) is 3.92. The molecule has 0 fully saturated rings. The average Bonchev–Trinajstić information content (AvgIpc) is 2.16. The van der Waals surface area contributed by atoms with E-state index in [1.54, 1.807) is 0 Å². The van der Waals surface area contributed by atoms with E-state index in [9.17, 15) is 0 Å². The van der Waals surface area contributed by atoms with Gasteiger partial charge in [-0.2, -0.15) is 15.0 Å². The molecule has 0 saturated heterocycles. The molecule has 0 radical (unpaired) electrons. The van der Waals surface area contributed by atoms with Gasteiger partial charge in [-0.3, -0.25) is 0 Å². The Morgan fingerprint density at radius 2 is 0.750 bits per heavy atom. The Bertz CT molecular complexity index is 274. The zero-order valence-corrected chi connectivity index (χ0v) is 10.7. The molecular weight excluding hydrogens is 208 g/mol. The van der Waals surface area contributed by atoms with E-state index in [-0.39, 0.29) is 5.48 Å². The Morgan fingerprint density at radius 3 is 0.875 bits per heavy atom. The fourth-order valence-electron chi connectivity index (χ4n) is 0.943. The van der Waals surface area contributed by atoms with E-state index < -0.39 is 0 Å². The second-order valence-corrected chi connectivity index (χ2v) is 3.92. The van der Waals surface area contributed by atoms with Crippen molar-refractivity contribution in [3.05, 3.63) is 0 Å². The highest BCUT2D eigenvalue weighted by Gasteiger charge is 2.10. The third kappa shape index (κ3) is 3.20. The third-order valence-electron chi connectivity index (χ3n) is 1.80. The van der Waals surface area contributed by atoms with Gasteiger partial charge in [0.1, 0.15) is 0 Å². The van der Waals surface area contributed by atoms with E-state index in [4.69, 9.17) is 0 Å². The van der Waals surface area contributed by atoms with Crippen LogP contribution in [0.2, 0.25) is 0 Å². The summed E-state index contributed by atoms with van der Waals surface area (Å²) in [6.07, 6.45) is 0. The molecule has 1 aromatic rings. The minimum Gasteiger partial charge on any atom is -0.412 e. The summed E-state index contributed by atoms with van der Waals surface area (Å²) in [7, 11) is 11.5. The molecule has 0 bridgehead atoms. The first-order valence-electron chi connectivity index (χ1n) is 4.70. The number of aromatic nitrogens is 3. The molecule has 1 aromatic heterocycles. The molecule has 7 heteroatoms. The molecule has 0 saturated carbocycles. The monoisotopic (exact) mass is 228 g/mol. The van der Waals surface area contributed by atoms with Crippen molar-refractivity contribution in [2.24, 2.45) is 0 Å². The molecule has 0 aliphatic heterocycles. The van der Waals surface area contributed by atoms with Gasteiger partial charge in [-0.15, -0.1) is 0 Å². The molecule has 0 unspecified atom stereocenters. The van der Waals surface area contributed by atoms with Crippen LogP contribution in [-0.2, 0) is 0 Å². The molecule has 0 amide bonds. The van der Waals surface area contributed by atoms with E-state index in [1.165, 1.54) is 0 Å². The summed E-state index contributed by atoms with van der Waals surface area (Å²) < 4.78 is 0. The lowest BCUT2D eigenvalue weighted by Crippen LogP contribution is -2.22. The number of rotatable bonds is 3. The first-order valence-corrected chi connectivity index (χ1v) is 4.70. The molecule has 1 rings (SSSR count). The standard InChI is InChI=1S/C9H18N6.H2O/c1-13(2)7-10-8(14(3)4)12-9(11-7)15(5)6;/h1-6H3;1H2. The van der Waals surface area contributed by atoms with E-state index in [0.29, 0.717) is 17.8 Å². The predicted octanol–water partition coefficient (Wildman–Crippen LogP) is -0.755. The van der Waals surface area contributed by atoms with Crippen molar-refractivity contribution in [2.75, 3.05) is 57.0 Å². The van der Waals surface area contributed by atoms with Crippen molar-refractivity contribution in [1.82, 2.24) is 15.0 Å². The Labute approximate surface area is 96.0 Å². The Hall–Kier alpha value is -1.63. The van der Waals surface area contributed by atoms with Gasteiger partial charge in [0.25, 0.3) is 0 Å². The van der Waals surface area contributed by atoms with Crippen LogP contribution in [0.5, 0.6) is 0 Å². The SMILES string of the molecule is CN(C)c1nc(N(C)C)nc(N(C)C)n1.O. The summed E-state index contributed by atoms with van der Waals surface area (Å²) >= 11 is 0. The topological polar surface area (TPSA) is 79.9 Å². The summed E-state index contributed by atoms with van der Waals surface area (Å²) in [6, 6.07) is 0. The zero-order chi connectivity index (χ0) is 11.6. The maximum Gasteiger partial charge on any atom is 0.231 e. The van der Waals surface area contributed by atoms with E-state index in [2.05, 4.69) is 15.0 Å². The molecule has 0 aromatic carbocycles. The maximum atomic E-state index is 4.32. The molecule has 0 aliphatic carbocycles. The van der Waals surface area contributed by atoms with Gasteiger partial charge in [0.05, 0.1) is 0 Å². The summed E-state index contributed by atoms with van der Waals surface area (Å²) in [4.78, 5) is 18.5. The van der Waals surface area contributed by atoms with Gasteiger partial charge in [0, 0.05) is 42.3 Å². The van der Waals surface area contributed by atoms with Crippen LogP contribution in [-0.4, -0.2) is 62.7 Å². The minimum atomic E-state index is 0. The smallest absolute Gasteiger partial charge is 0.231 e. The molecule has 92 valence electrons. The summed E-state index contributed by atoms with van der Waals surface area (Å²) in [6.45, 7) is 0. The van der Waals surface area contributed by atoms with Gasteiger partial charge in [-0.25, -0.2) is 0 Å². The van der Waals surface area contributed by atoms with E-state index in [0.717, 1.165) is 0 Å². The van der Waals surface area contributed by atoms with Gasteiger partial charge >= 0.3 is 0 Å². The van der Waals surface area contributed by atoms with Crippen molar-refractivity contribution in [3.8, 4) is 0 Å². The summed E-state index contributed by atoms with van der Waals surface area (Å²) in [5, 5.41) is 0. The number of hydrogen-bond acceptors (Lipinski definition) is 6. The fraction of sp³-hybridized carbons (Fsp3) is 0.667. The molecular formula is C9H20N6O. The summed E-state index contributed by atoms with van der Waals surface area (Å²) in [5.74, 6) is 1.99. The van der Waals surface area contributed by atoms with Crippen LogP contribution in [0.3, 0.4) is 0 Å². The van der Waals surface area contributed by atoms with Gasteiger partial charge in [-0.1, -0.05) is 0 Å². The fourth-order valence-corrected chi connectivity index (χ4v) is 0.943. The molecule has 7 nitrogen and oxygen atoms in total. The molecule has 0 aliphatic rings. The van der Waals surface area contributed by atoms with Gasteiger partial charge < -0.3 is 20.2 Å². The Kier molecular flexibility index (Phi) is 4.90. The largest absolute Gasteiger partial charge is 0.412 e. The zero-order valence-electron chi connectivity index (χ0n) is 10.7. The normalized spacial score (nSPS) is 9.38. The third-order valence-corrected chi connectivity index (χ3v) is 1.80. The van der Waals surface area contributed by atoms with Crippen molar-refractivity contribution >= 4 is 17.8 Å². The number of hydrogen-bond donors (Lipinski definition) is 0. The number of nitrogens with zero attached hydrogens (tertiary/aromatic N) is 6. The number of anilines is 3. The van der Waals surface area contributed by atoms with Crippen molar-refractivity contribution in [2.45, 2.75) is 0 Å². The van der Waals surface area contributed by atoms with Gasteiger partial charge in [0.2, 0.25) is 17.8 Å². The molecule has 1 heterocycles. The molecule has 0 spiro atoms. The Balaban J connectivity index is 0.00000225. The van der Waals surface area contributed by atoms with E-state index >= 15 is 0 Å². The van der Waals surface area contributed by atoms with Crippen LogP contribution in [0.1, 0.15) is 0 Å². The quantitative estimate of drug-likeness (QED) is 0.677. The maximum absolute atomic E-state index is 4.32. The summed E-state index contributed by atoms with van der Waals surface area (Å²) in [5.41, 5.74) is 0. The average molecular weight is 228 g/mol. The van der Waals surface area contributed by atoms with E-state index in [1.807, 2.05) is 57.0 Å². The minimum absolute atomic E-state index is 0. The van der Waals surface area contributed by atoms with Crippen LogP contribution in [0.25, 0.3) is 0 Å².